The number of sulfone groups is 1. The molecule has 1 atom stereocenters. The smallest absolute Gasteiger partial charge is 0.189 e. The molecule has 2 aromatic rings. The van der Waals surface area contributed by atoms with Crippen molar-refractivity contribution in [2.24, 2.45) is 0 Å². The summed E-state index contributed by atoms with van der Waals surface area (Å²) in [6, 6.07) is 8.41. The van der Waals surface area contributed by atoms with Gasteiger partial charge in [-0.2, -0.15) is 0 Å². The number of benzene rings is 1. The lowest BCUT2D eigenvalue weighted by Gasteiger charge is -2.25. The van der Waals surface area contributed by atoms with Crippen LogP contribution >= 0.6 is 23.6 Å². The van der Waals surface area contributed by atoms with E-state index >= 15 is 0 Å². The number of anilines is 1. The van der Waals surface area contributed by atoms with Crippen molar-refractivity contribution in [3.63, 3.8) is 0 Å². The Balaban J connectivity index is 1.64. The van der Waals surface area contributed by atoms with E-state index in [1.54, 1.807) is 0 Å². The molecule has 0 saturated carbocycles. The van der Waals surface area contributed by atoms with E-state index < -0.39 is 15.4 Å². The minimum absolute atomic E-state index is 0.104. The Labute approximate surface area is 164 Å². The van der Waals surface area contributed by atoms with Crippen LogP contribution < -0.4 is 10.6 Å². The number of hydrogen-bond acceptors (Lipinski definition) is 5. The zero-order valence-corrected chi connectivity index (χ0v) is 17.5. The van der Waals surface area contributed by atoms with Gasteiger partial charge in [-0.1, -0.05) is 38.1 Å². The fourth-order valence-electron chi connectivity index (χ4n) is 3.01. The van der Waals surface area contributed by atoms with Crippen LogP contribution in [-0.4, -0.2) is 35.6 Å². The summed E-state index contributed by atoms with van der Waals surface area (Å²) in [5, 5.41) is 9.29. The summed E-state index contributed by atoms with van der Waals surface area (Å²) in [6.45, 7) is 6.23. The molecule has 0 bridgehead atoms. The highest BCUT2D eigenvalue weighted by atomic mass is 32.2. The SMILES string of the molecule is CC(C)c1ccc(-c2csc(NC(=S)N[C@@]3(C)CCS(=O)(=O)C3)n2)cc1. The Bertz CT molecular complexity index is 904. The van der Waals surface area contributed by atoms with Gasteiger partial charge in [0.2, 0.25) is 0 Å². The zero-order valence-electron chi connectivity index (χ0n) is 15.1. The molecule has 26 heavy (non-hydrogen) atoms. The summed E-state index contributed by atoms with van der Waals surface area (Å²) in [5.74, 6) is 0.806. The lowest BCUT2D eigenvalue weighted by atomic mass is 10.0. The number of rotatable bonds is 4. The van der Waals surface area contributed by atoms with Crippen molar-refractivity contribution < 1.29 is 8.42 Å². The van der Waals surface area contributed by atoms with E-state index in [2.05, 4.69) is 53.7 Å². The predicted octanol–water partition coefficient (Wildman–Crippen LogP) is 3.80. The Morgan fingerprint density at radius 2 is 2.00 bits per heavy atom. The van der Waals surface area contributed by atoms with Gasteiger partial charge in [-0.3, -0.25) is 0 Å². The summed E-state index contributed by atoms with van der Waals surface area (Å²) in [5.41, 5.74) is 2.74. The maximum atomic E-state index is 11.7. The topological polar surface area (TPSA) is 71.1 Å². The monoisotopic (exact) mass is 409 g/mol. The van der Waals surface area contributed by atoms with Crippen LogP contribution in [0.15, 0.2) is 29.6 Å². The van der Waals surface area contributed by atoms with Crippen LogP contribution in [0.1, 0.15) is 38.7 Å². The van der Waals surface area contributed by atoms with Crippen molar-refractivity contribution in [3.05, 3.63) is 35.2 Å². The van der Waals surface area contributed by atoms with Crippen LogP contribution in [0.2, 0.25) is 0 Å². The van der Waals surface area contributed by atoms with Gasteiger partial charge in [-0.15, -0.1) is 11.3 Å². The quantitative estimate of drug-likeness (QED) is 0.749. The van der Waals surface area contributed by atoms with E-state index in [9.17, 15) is 8.42 Å². The summed E-state index contributed by atoms with van der Waals surface area (Å²) in [7, 11) is -2.98. The second-order valence-electron chi connectivity index (χ2n) is 7.30. The van der Waals surface area contributed by atoms with E-state index in [-0.39, 0.29) is 11.5 Å². The van der Waals surface area contributed by atoms with Gasteiger partial charge < -0.3 is 10.6 Å². The van der Waals surface area contributed by atoms with Crippen LogP contribution in [-0.2, 0) is 9.84 Å². The number of hydrogen-bond donors (Lipinski definition) is 2. The number of aromatic nitrogens is 1. The first-order valence-electron chi connectivity index (χ1n) is 8.51. The van der Waals surface area contributed by atoms with Crippen molar-refractivity contribution in [2.45, 2.75) is 38.6 Å². The molecule has 0 amide bonds. The molecule has 2 heterocycles. The molecule has 1 aromatic heterocycles. The molecule has 1 saturated heterocycles. The van der Waals surface area contributed by atoms with Gasteiger partial charge in [-0.05, 0) is 37.0 Å². The van der Waals surface area contributed by atoms with Crippen molar-refractivity contribution in [2.75, 3.05) is 16.8 Å². The average molecular weight is 410 g/mol. The molecule has 1 aliphatic rings. The first kappa shape index (κ1) is 19.3. The van der Waals surface area contributed by atoms with E-state index in [4.69, 9.17) is 12.2 Å². The molecule has 0 spiro atoms. The molecular weight excluding hydrogens is 386 g/mol. The Morgan fingerprint density at radius 1 is 1.31 bits per heavy atom. The first-order valence-corrected chi connectivity index (χ1v) is 11.6. The van der Waals surface area contributed by atoms with Crippen molar-refractivity contribution in [1.29, 1.82) is 0 Å². The van der Waals surface area contributed by atoms with E-state index in [1.165, 1.54) is 16.9 Å². The lowest BCUT2D eigenvalue weighted by molar-refractivity contribution is 0.474. The fourth-order valence-corrected chi connectivity index (χ4v) is 6.24. The maximum Gasteiger partial charge on any atom is 0.189 e. The number of nitrogens with one attached hydrogen (secondary N) is 2. The van der Waals surface area contributed by atoms with Crippen LogP contribution in [0.5, 0.6) is 0 Å². The third-order valence-corrected chi connectivity index (χ3v) is 7.38. The normalized spacial score (nSPS) is 21.7. The highest BCUT2D eigenvalue weighted by Gasteiger charge is 2.38. The predicted molar refractivity (Wildman–Crippen MR) is 113 cm³/mol. The second-order valence-corrected chi connectivity index (χ2v) is 10.7. The molecule has 0 unspecified atom stereocenters. The molecule has 1 fully saturated rings. The van der Waals surface area contributed by atoms with Gasteiger partial charge >= 0.3 is 0 Å². The number of thiazole rings is 1. The average Bonchev–Trinajstić information content (AvgIpc) is 3.11. The van der Waals surface area contributed by atoms with Crippen LogP contribution in [0.4, 0.5) is 5.13 Å². The third-order valence-electron chi connectivity index (χ3n) is 4.52. The lowest BCUT2D eigenvalue weighted by Crippen LogP contribution is -2.48. The van der Waals surface area contributed by atoms with E-state index in [0.29, 0.717) is 22.6 Å². The van der Waals surface area contributed by atoms with Crippen LogP contribution in [0.3, 0.4) is 0 Å². The maximum absolute atomic E-state index is 11.7. The molecule has 1 aliphatic heterocycles. The molecule has 2 N–H and O–H groups in total. The van der Waals surface area contributed by atoms with Crippen LogP contribution in [0.25, 0.3) is 11.3 Å². The van der Waals surface area contributed by atoms with Crippen molar-refractivity contribution in [1.82, 2.24) is 10.3 Å². The van der Waals surface area contributed by atoms with Crippen molar-refractivity contribution in [3.8, 4) is 11.3 Å². The molecule has 140 valence electrons. The Hall–Kier alpha value is -1.51. The van der Waals surface area contributed by atoms with Gasteiger partial charge in [0.15, 0.2) is 20.1 Å². The number of thiocarbonyl (C=S) groups is 1. The van der Waals surface area contributed by atoms with E-state index in [1.807, 2.05) is 12.3 Å². The zero-order chi connectivity index (χ0) is 18.9. The minimum atomic E-state index is -2.98. The van der Waals surface area contributed by atoms with Gasteiger partial charge in [0.25, 0.3) is 0 Å². The summed E-state index contributed by atoms with van der Waals surface area (Å²) in [6.07, 6.45) is 0.558. The molecule has 3 rings (SSSR count). The largest absolute Gasteiger partial charge is 0.356 e. The molecule has 8 heteroatoms. The highest BCUT2D eigenvalue weighted by molar-refractivity contribution is 7.91. The minimum Gasteiger partial charge on any atom is -0.356 e. The van der Waals surface area contributed by atoms with Crippen molar-refractivity contribution >= 4 is 43.6 Å². The van der Waals surface area contributed by atoms with Gasteiger partial charge in [-0.25, -0.2) is 13.4 Å². The molecule has 0 aliphatic carbocycles. The Morgan fingerprint density at radius 3 is 2.58 bits per heavy atom. The summed E-state index contributed by atoms with van der Waals surface area (Å²) < 4.78 is 23.4. The molecule has 0 radical (unpaired) electrons. The molecular formula is C18H23N3O2S3. The first-order chi connectivity index (χ1) is 12.2. The van der Waals surface area contributed by atoms with Crippen LogP contribution in [0, 0.1) is 0 Å². The molecule has 1 aromatic carbocycles. The standard InChI is InChI=1S/C18H23N3O2S3/c1-12(2)13-4-6-14(7-5-13)15-10-25-17(19-15)20-16(24)21-18(3)8-9-26(22,23)11-18/h4-7,10,12H,8-9,11H2,1-3H3,(H2,19,20,21,24)/t18-/m0/s1. The number of nitrogens with zero attached hydrogens (tertiary/aromatic N) is 1. The van der Waals surface area contributed by atoms with E-state index in [0.717, 1.165) is 11.3 Å². The summed E-state index contributed by atoms with van der Waals surface area (Å²) in [4.78, 5) is 4.58. The van der Waals surface area contributed by atoms with Gasteiger partial charge in [0.05, 0.1) is 22.7 Å². The Kier molecular flexibility index (Phi) is 5.37. The van der Waals surface area contributed by atoms with Gasteiger partial charge in [0.1, 0.15) is 0 Å². The third kappa shape index (κ3) is 4.61. The summed E-state index contributed by atoms with van der Waals surface area (Å²) >= 11 is 6.81. The fraction of sp³-hybridized carbons (Fsp3) is 0.444. The molecule has 5 nitrogen and oxygen atoms in total. The van der Waals surface area contributed by atoms with Gasteiger partial charge in [0, 0.05) is 10.9 Å². The second kappa shape index (κ2) is 7.25. The highest BCUT2D eigenvalue weighted by Crippen LogP contribution is 2.27.